The van der Waals surface area contributed by atoms with Crippen LogP contribution in [0.2, 0.25) is 0 Å². The van der Waals surface area contributed by atoms with Gasteiger partial charge in [0.2, 0.25) is 0 Å². The first-order valence-electron chi connectivity index (χ1n) is 14.7. The lowest BCUT2D eigenvalue weighted by Crippen LogP contribution is -2.55. The van der Waals surface area contributed by atoms with Crippen LogP contribution in [0, 0.1) is 44.8 Å². The quantitative estimate of drug-likeness (QED) is 0.325. The Bertz CT molecular complexity index is 919. The second-order valence-corrected chi connectivity index (χ2v) is 14.8. The van der Waals surface area contributed by atoms with Crippen LogP contribution in [-0.2, 0) is 14.3 Å². The zero-order chi connectivity index (χ0) is 26.7. The molecule has 4 fully saturated rings. The molecule has 0 radical (unpaired) electrons. The van der Waals surface area contributed by atoms with Crippen LogP contribution < -0.4 is 0 Å². The fraction of sp³-hybridized carbons (Fsp3) is 0.875. The van der Waals surface area contributed by atoms with E-state index in [-0.39, 0.29) is 45.6 Å². The smallest absolute Gasteiger partial charge is 0.311 e. The van der Waals surface area contributed by atoms with E-state index in [1.54, 1.807) is 0 Å². The predicted molar refractivity (Wildman–Crippen MR) is 144 cm³/mol. The van der Waals surface area contributed by atoms with E-state index in [1.165, 1.54) is 12.7 Å². The Morgan fingerprint density at radius 3 is 2.28 bits per heavy atom. The van der Waals surface area contributed by atoms with Gasteiger partial charge in [-0.2, -0.15) is 0 Å². The summed E-state index contributed by atoms with van der Waals surface area (Å²) >= 11 is 0. The average Bonchev–Trinajstić information content (AvgIpc) is 2.84. The summed E-state index contributed by atoms with van der Waals surface area (Å²) < 4.78 is 5.25. The van der Waals surface area contributed by atoms with Crippen molar-refractivity contribution in [3.63, 3.8) is 0 Å². The van der Waals surface area contributed by atoms with Gasteiger partial charge in [-0.1, -0.05) is 53.5 Å². The van der Waals surface area contributed by atoms with Crippen molar-refractivity contribution in [3.8, 4) is 0 Å². The summed E-state index contributed by atoms with van der Waals surface area (Å²) in [6.45, 7) is 15.8. The van der Waals surface area contributed by atoms with E-state index in [9.17, 15) is 14.7 Å². The number of carbonyl (C=O) groups is 2. The lowest BCUT2D eigenvalue weighted by atomic mass is 9.46. The molecule has 0 saturated heterocycles. The van der Waals surface area contributed by atoms with Crippen LogP contribution in [0.1, 0.15) is 119 Å². The maximum absolute atomic E-state index is 14.3. The van der Waals surface area contributed by atoms with E-state index < -0.39 is 5.41 Å². The molecule has 4 saturated carbocycles. The molecule has 0 aromatic heterocycles. The van der Waals surface area contributed by atoms with Crippen molar-refractivity contribution >= 4 is 11.8 Å². The summed E-state index contributed by atoms with van der Waals surface area (Å²) in [7, 11) is 1.50. The highest BCUT2D eigenvalue weighted by Gasteiger charge is 2.58. The van der Waals surface area contributed by atoms with E-state index in [1.807, 2.05) is 0 Å². The fourth-order valence-corrected chi connectivity index (χ4v) is 9.30. The third kappa shape index (κ3) is 4.22. The summed E-state index contributed by atoms with van der Waals surface area (Å²) in [4.78, 5) is 27.2. The maximum atomic E-state index is 14.3. The number of ether oxygens (including phenoxy) is 1. The van der Waals surface area contributed by atoms with Crippen LogP contribution in [0.3, 0.4) is 0 Å². The molecule has 4 rings (SSSR count). The molecule has 36 heavy (non-hydrogen) atoms. The fourth-order valence-electron chi connectivity index (χ4n) is 9.30. The minimum atomic E-state index is -0.488. The van der Waals surface area contributed by atoms with E-state index in [0.717, 1.165) is 70.6 Å². The summed E-state index contributed by atoms with van der Waals surface area (Å²) in [5.41, 5.74) is 0.711. The van der Waals surface area contributed by atoms with Gasteiger partial charge in [0.05, 0.1) is 18.6 Å². The van der Waals surface area contributed by atoms with Gasteiger partial charge >= 0.3 is 5.97 Å². The van der Waals surface area contributed by atoms with Gasteiger partial charge in [-0.3, -0.25) is 9.59 Å². The number of methoxy groups -OCH3 is 1. The minimum Gasteiger partial charge on any atom is -0.469 e. The number of fused-ring (bicyclic) bond motifs is 2. The Hall–Kier alpha value is -1.16. The van der Waals surface area contributed by atoms with E-state index in [4.69, 9.17) is 4.74 Å². The number of carbonyl (C=O) groups excluding carboxylic acids is 2. The number of rotatable bonds is 4. The number of aliphatic hydroxyl groups excluding tert-OH is 1. The lowest BCUT2D eigenvalue weighted by Gasteiger charge is -2.58. The van der Waals surface area contributed by atoms with Crippen LogP contribution in [0.15, 0.2) is 11.6 Å². The molecular formula is C32H52O4. The second kappa shape index (κ2) is 9.24. The van der Waals surface area contributed by atoms with Crippen molar-refractivity contribution in [2.45, 2.75) is 125 Å². The van der Waals surface area contributed by atoms with E-state index in [0.29, 0.717) is 11.7 Å². The minimum absolute atomic E-state index is 0.00872. The number of esters is 1. The molecule has 0 heterocycles. The molecule has 8 atom stereocenters. The van der Waals surface area contributed by atoms with Gasteiger partial charge in [-0.15, -0.1) is 0 Å². The first-order valence-corrected chi connectivity index (χ1v) is 14.7. The number of ketones is 1. The number of hydrogen-bond acceptors (Lipinski definition) is 4. The molecule has 0 bridgehead atoms. The van der Waals surface area contributed by atoms with Crippen molar-refractivity contribution < 1.29 is 19.4 Å². The molecule has 204 valence electrons. The monoisotopic (exact) mass is 500 g/mol. The van der Waals surface area contributed by atoms with Gasteiger partial charge in [0, 0.05) is 5.92 Å². The van der Waals surface area contributed by atoms with Crippen molar-refractivity contribution in [2.24, 2.45) is 44.8 Å². The van der Waals surface area contributed by atoms with Crippen molar-refractivity contribution in [3.05, 3.63) is 11.6 Å². The molecule has 1 N–H and O–H groups in total. The van der Waals surface area contributed by atoms with Gasteiger partial charge in [0.1, 0.15) is 0 Å². The van der Waals surface area contributed by atoms with Gasteiger partial charge in [0.25, 0.3) is 0 Å². The van der Waals surface area contributed by atoms with Gasteiger partial charge in [-0.25, -0.2) is 0 Å². The molecule has 4 aliphatic carbocycles. The Morgan fingerprint density at radius 2 is 1.64 bits per heavy atom. The maximum Gasteiger partial charge on any atom is 0.311 e. The Kier molecular flexibility index (Phi) is 7.15. The first kappa shape index (κ1) is 27.9. The van der Waals surface area contributed by atoms with Gasteiger partial charge in [0.15, 0.2) is 5.78 Å². The Labute approximate surface area is 220 Å². The largest absolute Gasteiger partial charge is 0.469 e. The van der Waals surface area contributed by atoms with Gasteiger partial charge < -0.3 is 9.84 Å². The van der Waals surface area contributed by atoms with E-state index in [2.05, 4.69) is 54.5 Å². The number of hydrogen-bond donors (Lipinski definition) is 1. The zero-order valence-corrected chi connectivity index (χ0v) is 24.3. The standard InChI is InChI=1S/C32H52O4/c1-9-29(4)15-16-30(5)17-18-31(6,27(35)36-8)20-23(30)22(29)19-24(33)21-11-10-12-25-28(2,3)26(34)13-14-32(21,25)7/h19,21,23,25-26,34H,9-18,20H2,1-8H3/b22-19-/t21-,23-,25+,26+,29-,30+,31+,32-/m1/s1. The lowest BCUT2D eigenvalue weighted by molar-refractivity contribution is -0.157. The summed E-state index contributed by atoms with van der Waals surface area (Å²) in [6, 6.07) is 0. The molecule has 0 aromatic rings. The Morgan fingerprint density at radius 1 is 0.972 bits per heavy atom. The highest BCUT2D eigenvalue weighted by Crippen LogP contribution is 2.63. The third-order valence-corrected chi connectivity index (χ3v) is 12.5. The molecule has 4 aliphatic rings. The van der Waals surface area contributed by atoms with E-state index >= 15 is 0 Å². The van der Waals surface area contributed by atoms with Crippen LogP contribution >= 0.6 is 0 Å². The molecule has 0 unspecified atom stereocenters. The summed E-state index contributed by atoms with van der Waals surface area (Å²) in [5.74, 6) is 0.805. The molecular weight excluding hydrogens is 448 g/mol. The zero-order valence-electron chi connectivity index (χ0n) is 24.3. The molecule has 0 amide bonds. The SMILES string of the molecule is CC[C@]1(C)CC[C@@]2(C)CC[C@](C)(C(=O)OC)C[C@@H]2/C1=C/C(=O)[C@H]1CCC[C@H]2C(C)(C)[C@@H](O)CC[C@]12C. The topological polar surface area (TPSA) is 63.6 Å². The highest BCUT2D eigenvalue weighted by molar-refractivity contribution is 5.93. The second-order valence-electron chi connectivity index (χ2n) is 14.8. The molecule has 4 nitrogen and oxygen atoms in total. The van der Waals surface area contributed by atoms with Crippen molar-refractivity contribution in [1.29, 1.82) is 0 Å². The van der Waals surface area contributed by atoms with Crippen molar-refractivity contribution in [1.82, 2.24) is 0 Å². The Balaban J connectivity index is 1.73. The number of allylic oxidation sites excluding steroid dienone is 2. The number of aliphatic hydroxyl groups is 1. The van der Waals surface area contributed by atoms with Crippen LogP contribution in [0.25, 0.3) is 0 Å². The average molecular weight is 501 g/mol. The first-order chi connectivity index (χ1) is 16.7. The van der Waals surface area contributed by atoms with Crippen LogP contribution in [0.4, 0.5) is 0 Å². The molecule has 0 spiro atoms. The summed E-state index contributed by atoms with van der Waals surface area (Å²) in [5, 5.41) is 10.8. The van der Waals surface area contributed by atoms with Crippen molar-refractivity contribution in [2.75, 3.05) is 7.11 Å². The molecule has 4 heteroatoms. The highest BCUT2D eigenvalue weighted by atomic mass is 16.5. The molecule has 0 aliphatic heterocycles. The summed E-state index contributed by atoms with van der Waals surface area (Å²) in [6.07, 6.45) is 12.5. The van der Waals surface area contributed by atoms with Crippen LogP contribution in [0.5, 0.6) is 0 Å². The predicted octanol–water partition coefficient (Wildman–Crippen LogP) is 7.28. The van der Waals surface area contributed by atoms with Crippen LogP contribution in [-0.4, -0.2) is 30.1 Å². The molecule has 0 aromatic carbocycles. The third-order valence-electron chi connectivity index (χ3n) is 12.5. The van der Waals surface area contributed by atoms with Gasteiger partial charge in [-0.05, 0) is 111 Å². The normalized spacial score (nSPS) is 47.5.